The molecule has 2 N–H and O–H groups in total. The summed E-state index contributed by atoms with van der Waals surface area (Å²) < 4.78 is 10.2. The van der Waals surface area contributed by atoms with Crippen molar-refractivity contribution >= 4 is 5.88 Å². The summed E-state index contributed by atoms with van der Waals surface area (Å²) in [4.78, 5) is 0. The van der Waals surface area contributed by atoms with Crippen LogP contribution in [0, 0.1) is 0 Å². The molecule has 0 aliphatic carbocycles. The molecule has 0 aliphatic rings. The Morgan fingerprint density at radius 3 is 2.59 bits per heavy atom. The maximum atomic E-state index is 5.46. The van der Waals surface area contributed by atoms with Crippen LogP contribution >= 0.6 is 0 Å². The highest BCUT2D eigenvalue weighted by molar-refractivity contribution is 5.29. The van der Waals surface area contributed by atoms with Gasteiger partial charge in [-0.15, -0.1) is 0 Å². The zero-order chi connectivity index (χ0) is 12.1. The molecule has 0 aliphatic heterocycles. The van der Waals surface area contributed by atoms with Crippen LogP contribution in [0.4, 0.5) is 5.88 Å². The average Bonchev–Trinajstić information content (AvgIpc) is 2.75. The van der Waals surface area contributed by atoms with Crippen molar-refractivity contribution in [3.8, 4) is 5.75 Å². The van der Waals surface area contributed by atoms with Gasteiger partial charge < -0.3 is 15.0 Å². The Morgan fingerprint density at radius 1 is 1.24 bits per heavy atom. The Bertz CT molecular complexity index is 463. The molecular weight excluding hydrogens is 216 g/mol. The molecule has 2 rings (SSSR count). The van der Waals surface area contributed by atoms with Crippen LogP contribution in [0.3, 0.4) is 0 Å². The molecule has 90 valence electrons. The fourth-order valence-electron chi connectivity index (χ4n) is 1.64. The van der Waals surface area contributed by atoms with Crippen LogP contribution in [0.25, 0.3) is 0 Å². The van der Waals surface area contributed by atoms with Crippen molar-refractivity contribution in [2.24, 2.45) is 0 Å². The Morgan fingerprint density at radius 2 is 2.00 bits per heavy atom. The number of hydrogen-bond acceptors (Lipinski definition) is 4. The molecule has 2 aromatic rings. The highest BCUT2D eigenvalue weighted by atomic mass is 16.5. The fraction of sp³-hybridized carbons (Fsp3) is 0.308. The minimum Gasteiger partial charge on any atom is -0.494 e. The predicted octanol–water partition coefficient (Wildman–Crippen LogP) is 2.44. The molecule has 0 spiro atoms. The molecular formula is C13H16N2O2. The summed E-state index contributed by atoms with van der Waals surface area (Å²) in [5.74, 6) is 1.27. The SMILES string of the molecule is CCOc1ccc(CCc2cc(N)on2)cc1. The molecule has 0 amide bonds. The molecule has 17 heavy (non-hydrogen) atoms. The van der Waals surface area contributed by atoms with Crippen molar-refractivity contribution in [3.05, 3.63) is 41.6 Å². The Hall–Kier alpha value is -1.97. The second-order valence-corrected chi connectivity index (χ2v) is 3.80. The first-order valence-electron chi connectivity index (χ1n) is 5.70. The van der Waals surface area contributed by atoms with Gasteiger partial charge in [-0.1, -0.05) is 17.3 Å². The van der Waals surface area contributed by atoms with E-state index >= 15 is 0 Å². The van der Waals surface area contributed by atoms with Gasteiger partial charge in [-0.3, -0.25) is 0 Å². The van der Waals surface area contributed by atoms with Gasteiger partial charge in [0.15, 0.2) is 0 Å². The third kappa shape index (κ3) is 3.24. The Balaban J connectivity index is 1.90. The highest BCUT2D eigenvalue weighted by Crippen LogP contribution is 2.14. The summed E-state index contributed by atoms with van der Waals surface area (Å²) in [5.41, 5.74) is 7.59. The van der Waals surface area contributed by atoms with Crippen molar-refractivity contribution in [1.82, 2.24) is 5.16 Å². The number of hydrogen-bond donors (Lipinski definition) is 1. The Kier molecular flexibility index (Phi) is 3.65. The fourth-order valence-corrected chi connectivity index (χ4v) is 1.64. The number of aryl methyl sites for hydroxylation is 2. The number of nitrogen functional groups attached to an aromatic ring is 1. The molecule has 4 nitrogen and oxygen atoms in total. The topological polar surface area (TPSA) is 61.3 Å². The lowest BCUT2D eigenvalue weighted by atomic mass is 10.1. The van der Waals surface area contributed by atoms with Crippen LogP contribution in [0.15, 0.2) is 34.9 Å². The molecule has 0 atom stereocenters. The quantitative estimate of drug-likeness (QED) is 0.860. The summed E-state index contributed by atoms with van der Waals surface area (Å²) in [5, 5.41) is 3.85. The normalized spacial score (nSPS) is 10.4. The molecule has 1 aromatic heterocycles. The van der Waals surface area contributed by atoms with Gasteiger partial charge in [-0.25, -0.2) is 0 Å². The molecule has 1 heterocycles. The Labute approximate surface area is 100 Å². The van der Waals surface area contributed by atoms with Crippen molar-refractivity contribution in [1.29, 1.82) is 0 Å². The third-order valence-corrected chi connectivity index (χ3v) is 2.48. The van der Waals surface area contributed by atoms with Crippen LogP contribution in [0.2, 0.25) is 0 Å². The van der Waals surface area contributed by atoms with Crippen LogP contribution in [0.5, 0.6) is 5.75 Å². The van der Waals surface area contributed by atoms with Crippen molar-refractivity contribution < 1.29 is 9.26 Å². The molecule has 0 saturated carbocycles. The van der Waals surface area contributed by atoms with E-state index in [1.807, 2.05) is 19.1 Å². The van der Waals surface area contributed by atoms with Gasteiger partial charge in [0.05, 0.1) is 12.3 Å². The monoisotopic (exact) mass is 232 g/mol. The molecule has 0 bridgehead atoms. The van der Waals surface area contributed by atoms with E-state index in [4.69, 9.17) is 15.0 Å². The standard InChI is InChI=1S/C13H16N2O2/c1-2-16-12-7-4-10(5-8-12)3-6-11-9-13(14)17-15-11/h4-5,7-9H,2-3,6,14H2,1H3. The first-order valence-corrected chi connectivity index (χ1v) is 5.70. The van der Waals surface area contributed by atoms with E-state index in [2.05, 4.69) is 17.3 Å². The minimum atomic E-state index is 0.367. The maximum Gasteiger partial charge on any atom is 0.222 e. The molecule has 0 fully saturated rings. The number of benzene rings is 1. The van der Waals surface area contributed by atoms with Crippen molar-refractivity contribution in [3.63, 3.8) is 0 Å². The van der Waals surface area contributed by atoms with Crippen molar-refractivity contribution in [2.45, 2.75) is 19.8 Å². The largest absolute Gasteiger partial charge is 0.494 e. The van der Waals surface area contributed by atoms with E-state index in [1.54, 1.807) is 6.07 Å². The van der Waals surface area contributed by atoms with Gasteiger partial charge in [-0.2, -0.15) is 0 Å². The number of anilines is 1. The summed E-state index contributed by atoms with van der Waals surface area (Å²) in [7, 11) is 0. The van der Waals surface area contributed by atoms with Gasteiger partial charge in [0.2, 0.25) is 5.88 Å². The van der Waals surface area contributed by atoms with E-state index in [0.717, 1.165) is 24.3 Å². The number of nitrogens with zero attached hydrogens (tertiary/aromatic N) is 1. The lowest BCUT2D eigenvalue weighted by Crippen LogP contribution is -1.93. The molecule has 0 radical (unpaired) electrons. The van der Waals surface area contributed by atoms with E-state index < -0.39 is 0 Å². The predicted molar refractivity (Wildman–Crippen MR) is 65.9 cm³/mol. The molecule has 4 heteroatoms. The van der Waals surface area contributed by atoms with Crippen LogP contribution < -0.4 is 10.5 Å². The number of rotatable bonds is 5. The summed E-state index contributed by atoms with van der Waals surface area (Å²) in [6.07, 6.45) is 1.74. The third-order valence-electron chi connectivity index (χ3n) is 2.48. The van der Waals surface area contributed by atoms with E-state index in [-0.39, 0.29) is 0 Å². The molecule has 0 unspecified atom stereocenters. The lowest BCUT2D eigenvalue weighted by molar-refractivity contribution is 0.340. The first-order chi connectivity index (χ1) is 8.28. The van der Waals surface area contributed by atoms with Crippen LogP contribution in [0.1, 0.15) is 18.2 Å². The second-order valence-electron chi connectivity index (χ2n) is 3.80. The number of nitrogens with two attached hydrogens (primary N) is 1. The molecule has 0 saturated heterocycles. The zero-order valence-electron chi connectivity index (χ0n) is 9.85. The van der Waals surface area contributed by atoms with Gasteiger partial charge >= 0.3 is 0 Å². The summed E-state index contributed by atoms with van der Waals surface area (Å²) >= 11 is 0. The van der Waals surface area contributed by atoms with E-state index in [9.17, 15) is 0 Å². The minimum absolute atomic E-state index is 0.367. The zero-order valence-corrected chi connectivity index (χ0v) is 9.85. The van der Waals surface area contributed by atoms with E-state index in [0.29, 0.717) is 12.5 Å². The number of ether oxygens (including phenoxy) is 1. The average molecular weight is 232 g/mol. The summed E-state index contributed by atoms with van der Waals surface area (Å²) in [6.45, 7) is 2.67. The first kappa shape index (κ1) is 11.5. The molecule has 1 aromatic carbocycles. The van der Waals surface area contributed by atoms with Crippen LogP contribution in [-0.4, -0.2) is 11.8 Å². The highest BCUT2D eigenvalue weighted by Gasteiger charge is 2.01. The second kappa shape index (κ2) is 5.39. The van der Waals surface area contributed by atoms with Gasteiger partial charge in [0.1, 0.15) is 5.75 Å². The van der Waals surface area contributed by atoms with Gasteiger partial charge in [0.25, 0.3) is 0 Å². The smallest absolute Gasteiger partial charge is 0.222 e. The van der Waals surface area contributed by atoms with Crippen molar-refractivity contribution in [2.75, 3.05) is 12.3 Å². The summed E-state index contributed by atoms with van der Waals surface area (Å²) in [6, 6.07) is 9.85. The van der Waals surface area contributed by atoms with Gasteiger partial charge in [-0.05, 0) is 37.5 Å². The van der Waals surface area contributed by atoms with E-state index in [1.165, 1.54) is 5.56 Å². The van der Waals surface area contributed by atoms with Gasteiger partial charge in [0, 0.05) is 6.07 Å². The van der Waals surface area contributed by atoms with Crippen LogP contribution in [-0.2, 0) is 12.8 Å². The lowest BCUT2D eigenvalue weighted by Gasteiger charge is -2.04. The maximum absolute atomic E-state index is 5.46. The number of aromatic nitrogens is 1.